The molecular formula is C16H30IN3O2. The van der Waals surface area contributed by atoms with Gasteiger partial charge >= 0.3 is 0 Å². The molecule has 2 aliphatic heterocycles. The zero-order valence-electron chi connectivity index (χ0n) is 13.7. The fourth-order valence-corrected chi connectivity index (χ4v) is 3.26. The lowest BCUT2D eigenvalue weighted by Crippen LogP contribution is -2.41. The molecule has 0 radical (unpaired) electrons. The van der Waals surface area contributed by atoms with Crippen LogP contribution in [0, 0.1) is 11.3 Å². The molecule has 1 unspecified atom stereocenters. The predicted octanol–water partition coefficient (Wildman–Crippen LogP) is 2.11. The van der Waals surface area contributed by atoms with E-state index in [-0.39, 0.29) is 24.0 Å². The molecule has 1 aliphatic carbocycles. The summed E-state index contributed by atoms with van der Waals surface area (Å²) in [5.74, 6) is 1.89. The van der Waals surface area contributed by atoms with E-state index >= 15 is 0 Å². The molecule has 0 aromatic heterocycles. The van der Waals surface area contributed by atoms with Gasteiger partial charge in [-0.2, -0.15) is 0 Å². The summed E-state index contributed by atoms with van der Waals surface area (Å²) in [6.07, 6.45) is 5.14. The highest BCUT2D eigenvalue weighted by atomic mass is 127. The van der Waals surface area contributed by atoms with E-state index in [0.717, 1.165) is 64.5 Å². The molecule has 2 saturated heterocycles. The van der Waals surface area contributed by atoms with E-state index in [1.165, 1.54) is 25.7 Å². The number of likely N-dealkylation sites (tertiary alicyclic amines) is 1. The van der Waals surface area contributed by atoms with Gasteiger partial charge in [0.2, 0.25) is 0 Å². The second-order valence-electron chi connectivity index (χ2n) is 6.73. The molecule has 0 bridgehead atoms. The number of aliphatic imine (C=N–C) groups is 1. The zero-order valence-corrected chi connectivity index (χ0v) is 16.0. The van der Waals surface area contributed by atoms with Gasteiger partial charge in [0.25, 0.3) is 0 Å². The summed E-state index contributed by atoms with van der Waals surface area (Å²) in [4.78, 5) is 7.13. The van der Waals surface area contributed by atoms with Crippen LogP contribution in [0.5, 0.6) is 0 Å². The van der Waals surface area contributed by atoms with E-state index in [4.69, 9.17) is 14.5 Å². The van der Waals surface area contributed by atoms with Gasteiger partial charge in [-0.3, -0.25) is 4.99 Å². The molecular weight excluding hydrogens is 393 g/mol. The summed E-state index contributed by atoms with van der Waals surface area (Å²) in [6, 6.07) is 0. The van der Waals surface area contributed by atoms with E-state index < -0.39 is 0 Å². The number of nitrogens with zero attached hydrogens (tertiary/aromatic N) is 2. The van der Waals surface area contributed by atoms with Crippen LogP contribution >= 0.6 is 24.0 Å². The van der Waals surface area contributed by atoms with E-state index in [1.807, 2.05) is 0 Å². The number of hydrogen-bond donors (Lipinski definition) is 1. The third-order valence-corrected chi connectivity index (χ3v) is 4.81. The third-order valence-electron chi connectivity index (χ3n) is 4.81. The third kappa shape index (κ3) is 4.96. The van der Waals surface area contributed by atoms with Crippen LogP contribution in [0.1, 0.15) is 32.6 Å². The Morgan fingerprint density at radius 1 is 1.41 bits per heavy atom. The predicted molar refractivity (Wildman–Crippen MR) is 99.0 cm³/mol. The highest BCUT2D eigenvalue weighted by molar-refractivity contribution is 14.0. The summed E-state index contributed by atoms with van der Waals surface area (Å²) in [5.41, 5.74) is 0.388. The van der Waals surface area contributed by atoms with Crippen molar-refractivity contribution in [2.24, 2.45) is 16.3 Å². The van der Waals surface area contributed by atoms with Gasteiger partial charge in [-0.05, 0) is 38.5 Å². The molecule has 0 amide bonds. The lowest BCUT2D eigenvalue weighted by molar-refractivity contribution is 0.131. The van der Waals surface area contributed by atoms with Crippen molar-refractivity contribution < 1.29 is 9.47 Å². The Morgan fingerprint density at radius 2 is 2.27 bits per heavy atom. The van der Waals surface area contributed by atoms with Crippen molar-refractivity contribution >= 4 is 29.9 Å². The van der Waals surface area contributed by atoms with Crippen molar-refractivity contribution in [1.29, 1.82) is 0 Å². The first-order valence-electron chi connectivity index (χ1n) is 8.50. The van der Waals surface area contributed by atoms with Gasteiger partial charge in [-0.25, -0.2) is 0 Å². The highest BCUT2D eigenvalue weighted by Gasteiger charge is 2.42. The van der Waals surface area contributed by atoms with Crippen LogP contribution in [0.2, 0.25) is 0 Å². The van der Waals surface area contributed by atoms with Crippen molar-refractivity contribution in [3.05, 3.63) is 0 Å². The average molecular weight is 423 g/mol. The zero-order chi connectivity index (χ0) is 14.5. The fraction of sp³-hybridized carbons (Fsp3) is 0.938. The number of guanidine groups is 1. The Morgan fingerprint density at radius 3 is 2.95 bits per heavy atom. The summed E-state index contributed by atoms with van der Waals surface area (Å²) in [7, 11) is 0. The summed E-state index contributed by atoms with van der Waals surface area (Å²) >= 11 is 0. The van der Waals surface area contributed by atoms with Gasteiger partial charge in [0, 0.05) is 38.3 Å². The number of hydrogen-bond acceptors (Lipinski definition) is 3. The minimum Gasteiger partial charge on any atom is -0.381 e. The smallest absolute Gasteiger partial charge is 0.194 e. The first-order chi connectivity index (χ1) is 10.3. The number of ether oxygens (including phenoxy) is 2. The molecule has 1 atom stereocenters. The SMILES string of the molecule is CCNC(=NCCOCC1CC1)N1CCC2(CCOC2)C1.I. The molecule has 1 saturated carbocycles. The molecule has 6 heteroatoms. The molecule has 0 aromatic rings. The largest absolute Gasteiger partial charge is 0.381 e. The van der Waals surface area contributed by atoms with Crippen molar-refractivity contribution in [3.63, 3.8) is 0 Å². The molecule has 1 N–H and O–H groups in total. The first kappa shape index (κ1) is 18.3. The Hall–Kier alpha value is -0.0800. The van der Waals surface area contributed by atoms with Crippen LogP contribution in [0.4, 0.5) is 0 Å². The Balaban J connectivity index is 0.00000176. The van der Waals surface area contributed by atoms with Crippen LogP contribution in [-0.4, -0.2) is 63.5 Å². The van der Waals surface area contributed by atoms with Gasteiger partial charge in [-0.15, -0.1) is 24.0 Å². The standard InChI is InChI=1S/C16H29N3O2.HI/c1-2-17-15(18-7-10-20-11-14-3-4-14)19-8-5-16(12-19)6-9-21-13-16;/h14H,2-13H2,1H3,(H,17,18);1H. The number of nitrogens with one attached hydrogen (secondary N) is 1. The van der Waals surface area contributed by atoms with Crippen LogP contribution in [-0.2, 0) is 9.47 Å². The summed E-state index contributed by atoms with van der Waals surface area (Å²) in [6.45, 7) is 9.51. The van der Waals surface area contributed by atoms with Crippen LogP contribution in [0.25, 0.3) is 0 Å². The van der Waals surface area contributed by atoms with Gasteiger partial charge in [0.15, 0.2) is 5.96 Å². The van der Waals surface area contributed by atoms with E-state index in [1.54, 1.807) is 0 Å². The minimum atomic E-state index is 0. The highest BCUT2D eigenvalue weighted by Crippen LogP contribution is 2.38. The minimum absolute atomic E-state index is 0. The number of rotatable bonds is 6. The molecule has 128 valence electrons. The maximum absolute atomic E-state index is 5.67. The number of halogens is 1. The van der Waals surface area contributed by atoms with E-state index in [9.17, 15) is 0 Å². The van der Waals surface area contributed by atoms with Crippen molar-refractivity contribution in [2.75, 3.05) is 52.6 Å². The van der Waals surface area contributed by atoms with Crippen LogP contribution < -0.4 is 5.32 Å². The van der Waals surface area contributed by atoms with Gasteiger partial charge in [0.1, 0.15) is 0 Å². The summed E-state index contributed by atoms with van der Waals surface area (Å²) < 4.78 is 11.3. The maximum Gasteiger partial charge on any atom is 0.194 e. The van der Waals surface area contributed by atoms with E-state index in [0.29, 0.717) is 5.41 Å². The quantitative estimate of drug-likeness (QED) is 0.308. The fourth-order valence-electron chi connectivity index (χ4n) is 3.26. The van der Waals surface area contributed by atoms with E-state index in [2.05, 4.69) is 17.1 Å². The lowest BCUT2D eigenvalue weighted by Gasteiger charge is -2.24. The summed E-state index contributed by atoms with van der Waals surface area (Å²) in [5, 5.41) is 3.42. The van der Waals surface area contributed by atoms with Crippen molar-refractivity contribution in [3.8, 4) is 0 Å². The molecule has 1 spiro atoms. The monoisotopic (exact) mass is 423 g/mol. The lowest BCUT2D eigenvalue weighted by atomic mass is 9.87. The van der Waals surface area contributed by atoms with Crippen LogP contribution in [0.15, 0.2) is 4.99 Å². The maximum atomic E-state index is 5.67. The van der Waals surface area contributed by atoms with Crippen molar-refractivity contribution in [2.45, 2.75) is 32.6 Å². The molecule has 3 aliphatic rings. The Labute approximate surface area is 151 Å². The van der Waals surface area contributed by atoms with Crippen molar-refractivity contribution in [1.82, 2.24) is 10.2 Å². The Kier molecular flexibility index (Phi) is 7.21. The normalized spacial score (nSPS) is 28.2. The molecule has 5 nitrogen and oxygen atoms in total. The second kappa shape index (κ2) is 8.68. The molecule has 2 heterocycles. The molecule has 3 fully saturated rings. The molecule has 3 rings (SSSR count). The van der Waals surface area contributed by atoms with Gasteiger partial charge < -0.3 is 19.7 Å². The average Bonchev–Trinajstić information content (AvgIpc) is 3.06. The first-order valence-corrected chi connectivity index (χ1v) is 8.50. The van der Waals surface area contributed by atoms with Gasteiger partial charge in [0.05, 0.1) is 19.8 Å². The molecule has 22 heavy (non-hydrogen) atoms. The Bertz CT molecular complexity index is 368. The molecule has 0 aromatic carbocycles. The van der Waals surface area contributed by atoms with Gasteiger partial charge in [-0.1, -0.05) is 0 Å². The van der Waals surface area contributed by atoms with Crippen LogP contribution in [0.3, 0.4) is 0 Å². The second-order valence-corrected chi connectivity index (χ2v) is 6.73. The topological polar surface area (TPSA) is 46.1 Å².